The molecule has 4 heteroatoms. The van der Waals surface area contributed by atoms with Crippen LogP contribution in [0.15, 0.2) is 54.9 Å². The SMILES string of the molecule is C[Si](C)(C)c1ccc(C#CCCNc2ncnc3ccccc23)cc1. The van der Waals surface area contributed by atoms with Crippen LogP contribution >= 0.6 is 0 Å². The normalized spacial score (nSPS) is 11.0. The van der Waals surface area contributed by atoms with Gasteiger partial charge in [0.1, 0.15) is 12.1 Å². The molecule has 3 aromatic rings. The minimum absolute atomic E-state index is 0.765. The highest BCUT2D eigenvalue weighted by Crippen LogP contribution is 2.17. The summed E-state index contributed by atoms with van der Waals surface area (Å²) in [5.74, 6) is 7.34. The molecular formula is C21H23N3Si. The Labute approximate surface area is 150 Å². The van der Waals surface area contributed by atoms with Crippen LogP contribution in [0, 0.1) is 11.8 Å². The maximum absolute atomic E-state index is 4.33. The molecule has 0 bridgehead atoms. The standard InChI is InChI=1S/C21H23N3Si/c1-25(2,3)18-13-11-17(12-14-18)8-6-7-15-22-21-19-9-4-5-10-20(19)23-16-24-21/h4-5,9-14,16H,7,15H2,1-3H3,(H,22,23,24). The van der Waals surface area contributed by atoms with Gasteiger partial charge in [0, 0.05) is 23.9 Å². The number of aromatic nitrogens is 2. The number of benzene rings is 2. The number of hydrogen-bond acceptors (Lipinski definition) is 3. The Morgan fingerprint density at radius 3 is 2.48 bits per heavy atom. The zero-order valence-electron chi connectivity index (χ0n) is 15.0. The van der Waals surface area contributed by atoms with Crippen molar-refractivity contribution in [1.29, 1.82) is 0 Å². The van der Waals surface area contributed by atoms with Crippen LogP contribution in [-0.4, -0.2) is 24.6 Å². The molecule has 0 saturated carbocycles. The number of fused-ring (bicyclic) bond motifs is 1. The van der Waals surface area contributed by atoms with Crippen molar-refractivity contribution in [3.05, 3.63) is 60.4 Å². The van der Waals surface area contributed by atoms with Gasteiger partial charge < -0.3 is 5.32 Å². The lowest BCUT2D eigenvalue weighted by molar-refractivity contribution is 1.07. The number of hydrogen-bond donors (Lipinski definition) is 1. The molecule has 0 amide bonds. The molecule has 0 aliphatic rings. The largest absolute Gasteiger partial charge is 0.368 e. The van der Waals surface area contributed by atoms with Crippen LogP contribution < -0.4 is 10.5 Å². The molecule has 0 spiro atoms. The zero-order chi connectivity index (χ0) is 17.7. The predicted molar refractivity (Wildman–Crippen MR) is 109 cm³/mol. The maximum Gasteiger partial charge on any atom is 0.137 e. The molecule has 126 valence electrons. The van der Waals surface area contributed by atoms with E-state index in [1.807, 2.05) is 24.3 Å². The van der Waals surface area contributed by atoms with Gasteiger partial charge in [0.05, 0.1) is 13.6 Å². The zero-order valence-corrected chi connectivity index (χ0v) is 16.0. The van der Waals surface area contributed by atoms with Crippen LogP contribution in [0.1, 0.15) is 12.0 Å². The van der Waals surface area contributed by atoms with Gasteiger partial charge >= 0.3 is 0 Å². The molecule has 2 aromatic carbocycles. The number of nitrogens with one attached hydrogen (secondary N) is 1. The molecule has 0 fully saturated rings. The smallest absolute Gasteiger partial charge is 0.137 e. The molecule has 0 aliphatic heterocycles. The Hall–Kier alpha value is -2.64. The fraction of sp³-hybridized carbons (Fsp3) is 0.238. The van der Waals surface area contributed by atoms with Crippen molar-refractivity contribution >= 4 is 30.0 Å². The Bertz CT molecular complexity index is 910. The van der Waals surface area contributed by atoms with Gasteiger partial charge in [-0.25, -0.2) is 9.97 Å². The van der Waals surface area contributed by atoms with E-state index < -0.39 is 8.07 Å². The van der Waals surface area contributed by atoms with Crippen LogP contribution in [0.2, 0.25) is 19.6 Å². The van der Waals surface area contributed by atoms with E-state index in [4.69, 9.17) is 0 Å². The first-order valence-corrected chi connectivity index (χ1v) is 12.1. The van der Waals surface area contributed by atoms with Crippen LogP contribution in [0.25, 0.3) is 10.9 Å². The number of rotatable bonds is 4. The summed E-state index contributed by atoms with van der Waals surface area (Å²) >= 11 is 0. The van der Waals surface area contributed by atoms with Crippen molar-refractivity contribution in [1.82, 2.24) is 9.97 Å². The van der Waals surface area contributed by atoms with Crippen molar-refractivity contribution < 1.29 is 0 Å². The Kier molecular flexibility index (Phi) is 5.16. The third-order valence-electron chi connectivity index (χ3n) is 4.07. The van der Waals surface area contributed by atoms with Crippen LogP contribution in [-0.2, 0) is 0 Å². The minimum Gasteiger partial charge on any atom is -0.368 e. The molecule has 3 rings (SSSR count). The quantitative estimate of drug-likeness (QED) is 0.441. The topological polar surface area (TPSA) is 37.8 Å². The lowest BCUT2D eigenvalue weighted by Crippen LogP contribution is -2.37. The Morgan fingerprint density at radius 1 is 0.960 bits per heavy atom. The summed E-state index contributed by atoms with van der Waals surface area (Å²) < 4.78 is 0. The van der Waals surface area contributed by atoms with Crippen molar-refractivity contribution in [2.45, 2.75) is 26.1 Å². The van der Waals surface area contributed by atoms with Gasteiger partial charge in [0.2, 0.25) is 0 Å². The summed E-state index contributed by atoms with van der Waals surface area (Å²) in [5, 5.41) is 5.86. The van der Waals surface area contributed by atoms with Gasteiger partial charge in [0.25, 0.3) is 0 Å². The highest BCUT2D eigenvalue weighted by atomic mass is 28.3. The third-order valence-corrected chi connectivity index (χ3v) is 6.13. The summed E-state index contributed by atoms with van der Waals surface area (Å²) in [6, 6.07) is 16.7. The number of anilines is 1. The average molecular weight is 346 g/mol. The van der Waals surface area contributed by atoms with Crippen LogP contribution in [0.4, 0.5) is 5.82 Å². The molecule has 3 nitrogen and oxygen atoms in total. The lowest BCUT2D eigenvalue weighted by Gasteiger charge is -2.15. The van der Waals surface area contributed by atoms with Gasteiger partial charge in [-0.3, -0.25) is 0 Å². The molecule has 1 heterocycles. The van der Waals surface area contributed by atoms with Gasteiger partial charge in [-0.1, -0.05) is 60.9 Å². The number of para-hydroxylation sites is 1. The first kappa shape index (κ1) is 17.2. The average Bonchev–Trinajstić information content (AvgIpc) is 2.61. The Balaban J connectivity index is 1.58. The fourth-order valence-corrected chi connectivity index (χ4v) is 3.77. The van der Waals surface area contributed by atoms with E-state index in [1.165, 1.54) is 5.19 Å². The monoisotopic (exact) mass is 345 g/mol. The second kappa shape index (κ2) is 7.50. The summed E-state index contributed by atoms with van der Waals surface area (Å²) in [7, 11) is -1.23. The van der Waals surface area contributed by atoms with Crippen molar-refractivity contribution in [3.63, 3.8) is 0 Å². The van der Waals surface area contributed by atoms with E-state index in [1.54, 1.807) is 6.33 Å². The van der Waals surface area contributed by atoms with Crippen molar-refractivity contribution in [2.75, 3.05) is 11.9 Å². The van der Waals surface area contributed by atoms with Gasteiger partial charge in [0.15, 0.2) is 0 Å². The molecule has 0 atom stereocenters. The third kappa shape index (κ3) is 4.46. The van der Waals surface area contributed by atoms with Gasteiger partial charge in [-0.05, 0) is 24.3 Å². The Morgan fingerprint density at radius 2 is 1.72 bits per heavy atom. The molecule has 0 aliphatic carbocycles. The number of nitrogens with zero attached hydrogens (tertiary/aromatic N) is 2. The van der Waals surface area contributed by atoms with E-state index in [9.17, 15) is 0 Å². The first-order valence-electron chi connectivity index (χ1n) is 8.57. The molecule has 0 unspecified atom stereocenters. The molecule has 1 N–H and O–H groups in total. The van der Waals surface area contributed by atoms with Crippen LogP contribution in [0.5, 0.6) is 0 Å². The highest BCUT2D eigenvalue weighted by Gasteiger charge is 2.15. The predicted octanol–water partition coefficient (Wildman–Crippen LogP) is 4.03. The van der Waals surface area contributed by atoms with E-state index in [2.05, 4.69) is 71.0 Å². The van der Waals surface area contributed by atoms with Gasteiger partial charge in [-0.15, -0.1) is 0 Å². The van der Waals surface area contributed by atoms with Crippen molar-refractivity contribution in [2.24, 2.45) is 0 Å². The van der Waals surface area contributed by atoms with E-state index in [0.717, 1.165) is 35.2 Å². The lowest BCUT2D eigenvalue weighted by atomic mass is 10.2. The minimum atomic E-state index is -1.23. The van der Waals surface area contributed by atoms with Gasteiger partial charge in [-0.2, -0.15) is 0 Å². The molecule has 1 aromatic heterocycles. The van der Waals surface area contributed by atoms with Crippen molar-refractivity contribution in [3.8, 4) is 11.8 Å². The summed E-state index contributed by atoms with van der Waals surface area (Å²) in [5.41, 5.74) is 2.03. The maximum atomic E-state index is 4.33. The molecule has 0 saturated heterocycles. The summed E-state index contributed by atoms with van der Waals surface area (Å²) in [6.07, 6.45) is 2.37. The van der Waals surface area contributed by atoms with Crippen LogP contribution in [0.3, 0.4) is 0 Å². The summed E-state index contributed by atoms with van der Waals surface area (Å²) in [4.78, 5) is 8.60. The molecule has 25 heavy (non-hydrogen) atoms. The summed E-state index contributed by atoms with van der Waals surface area (Å²) in [6.45, 7) is 7.84. The van der Waals surface area contributed by atoms with E-state index in [0.29, 0.717) is 0 Å². The van der Waals surface area contributed by atoms with E-state index >= 15 is 0 Å². The second-order valence-corrected chi connectivity index (χ2v) is 12.1. The second-order valence-electron chi connectivity index (χ2n) is 7.05. The van der Waals surface area contributed by atoms with E-state index in [-0.39, 0.29) is 0 Å². The molecule has 0 radical (unpaired) electrons. The highest BCUT2D eigenvalue weighted by molar-refractivity contribution is 6.88. The first-order chi connectivity index (χ1) is 12.0. The fourth-order valence-electron chi connectivity index (χ4n) is 2.61. The molecular weight excluding hydrogens is 322 g/mol.